The highest BCUT2D eigenvalue weighted by Gasteiger charge is 2.63. The Morgan fingerprint density at radius 3 is 2.45 bits per heavy atom. The Labute approximate surface area is 185 Å². The van der Waals surface area contributed by atoms with Crippen molar-refractivity contribution in [1.29, 1.82) is 10.5 Å². The summed E-state index contributed by atoms with van der Waals surface area (Å²) >= 11 is 0. The SMILES string of the molecule is CC(=O)O[C@H]1CC[C@@]2(C)C(=CC[C@@H]3[C@H]4C[C@@H](C(C#N)C#N)[C@@H](C(C)=O)[C@]4(C)CC[C@H]32)C1. The molecule has 4 aliphatic rings. The van der Waals surface area contributed by atoms with Crippen LogP contribution >= 0.6 is 0 Å². The normalized spacial score (nSPS) is 43.5. The van der Waals surface area contributed by atoms with Gasteiger partial charge in [0.25, 0.3) is 0 Å². The van der Waals surface area contributed by atoms with Gasteiger partial charge in [0, 0.05) is 19.3 Å². The Morgan fingerprint density at radius 1 is 1.13 bits per heavy atom. The van der Waals surface area contributed by atoms with Crippen LogP contribution in [0.2, 0.25) is 0 Å². The topological polar surface area (TPSA) is 90.9 Å². The van der Waals surface area contributed by atoms with E-state index in [1.165, 1.54) is 12.5 Å². The summed E-state index contributed by atoms with van der Waals surface area (Å²) in [6.07, 6.45) is 9.03. The van der Waals surface area contributed by atoms with Crippen molar-refractivity contribution >= 4 is 11.8 Å². The van der Waals surface area contributed by atoms with E-state index in [0.29, 0.717) is 17.8 Å². The molecule has 3 saturated carbocycles. The molecule has 0 saturated heterocycles. The minimum absolute atomic E-state index is 0.00722. The number of ketones is 1. The third kappa shape index (κ3) is 3.32. The van der Waals surface area contributed by atoms with Crippen LogP contribution in [0.5, 0.6) is 0 Å². The molecular formula is C26H34N2O3. The Kier molecular flexibility index (Phi) is 5.53. The first-order valence-electron chi connectivity index (χ1n) is 11.8. The highest BCUT2D eigenvalue weighted by molar-refractivity contribution is 5.80. The predicted octanol–water partition coefficient (Wildman–Crippen LogP) is 4.98. The van der Waals surface area contributed by atoms with E-state index < -0.39 is 5.92 Å². The molecule has 31 heavy (non-hydrogen) atoms. The summed E-state index contributed by atoms with van der Waals surface area (Å²) in [7, 11) is 0. The number of esters is 1. The summed E-state index contributed by atoms with van der Waals surface area (Å²) in [5.74, 6) is 0.298. The zero-order valence-corrected chi connectivity index (χ0v) is 19.2. The van der Waals surface area contributed by atoms with Gasteiger partial charge in [-0.15, -0.1) is 0 Å². The molecule has 0 amide bonds. The van der Waals surface area contributed by atoms with Crippen LogP contribution in [-0.2, 0) is 14.3 Å². The summed E-state index contributed by atoms with van der Waals surface area (Å²) in [6, 6.07) is 4.37. The summed E-state index contributed by atoms with van der Waals surface area (Å²) < 4.78 is 5.53. The molecule has 5 heteroatoms. The first-order chi connectivity index (χ1) is 14.7. The number of ether oxygens (including phenoxy) is 1. The third-order valence-corrected chi connectivity index (χ3v) is 9.64. The molecule has 0 bridgehead atoms. The van der Waals surface area contributed by atoms with E-state index in [0.717, 1.165) is 44.9 Å². The average molecular weight is 423 g/mol. The molecule has 4 rings (SSSR count). The number of fused-ring (bicyclic) bond motifs is 5. The van der Waals surface area contributed by atoms with Crippen molar-refractivity contribution in [2.24, 2.45) is 46.3 Å². The number of carbonyl (C=O) groups excluding carboxylic acids is 2. The Hall–Kier alpha value is -2.14. The van der Waals surface area contributed by atoms with Crippen LogP contribution in [0.4, 0.5) is 0 Å². The minimum Gasteiger partial charge on any atom is -0.462 e. The lowest BCUT2D eigenvalue weighted by Crippen LogP contribution is -2.51. The van der Waals surface area contributed by atoms with Gasteiger partial charge in [-0.05, 0) is 80.0 Å². The number of Topliss-reactive ketones (excluding diaryl/α,β-unsaturated/α-hetero) is 1. The maximum absolute atomic E-state index is 12.8. The van der Waals surface area contributed by atoms with Gasteiger partial charge in [0.15, 0.2) is 0 Å². The predicted molar refractivity (Wildman–Crippen MR) is 115 cm³/mol. The van der Waals surface area contributed by atoms with Gasteiger partial charge in [-0.25, -0.2) is 0 Å². The Bertz CT molecular complexity index is 881. The van der Waals surface area contributed by atoms with E-state index in [1.807, 2.05) is 0 Å². The minimum atomic E-state index is -0.709. The van der Waals surface area contributed by atoms with Gasteiger partial charge in [-0.3, -0.25) is 9.59 Å². The second-order valence-electron chi connectivity index (χ2n) is 11.0. The van der Waals surface area contributed by atoms with Crippen LogP contribution in [0.1, 0.15) is 72.6 Å². The van der Waals surface area contributed by atoms with E-state index in [-0.39, 0.29) is 40.5 Å². The molecule has 0 radical (unpaired) electrons. The van der Waals surface area contributed by atoms with Gasteiger partial charge in [0.2, 0.25) is 0 Å². The number of hydrogen-bond acceptors (Lipinski definition) is 5. The average Bonchev–Trinajstić information content (AvgIpc) is 3.02. The lowest BCUT2D eigenvalue weighted by molar-refractivity contribution is -0.149. The van der Waals surface area contributed by atoms with Crippen LogP contribution < -0.4 is 0 Å². The highest BCUT2D eigenvalue weighted by Crippen LogP contribution is 2.68. The molecule has 0 aromatic rings. The van der Waals surface area contributed by atoms with Crippen molar-refractivity contribution in [2.45, 2.75) is 78.7 Å². The summed E-state index contributed by atoms with van der Waals surface area (Å²) in [5.41, 5.74) is 1.44. The molecular weight excluding hydrogens is 388 g/mol. The van der Waals surface area contributed by atoms with Crippen LogP contribution in [0.3, 0.4) is 0 Å². The smallest absolute Gasteiger partial charge is 0.302 e. The fourth-order valence-electron chi connectivity index (χ4n) is 8.37. The van der Waals surface area contributed by atoms with Crippen molar-refractivity contribution in [3.63, 3.8) is 0 Å². The van der Waals surface area contributed by atoms with Crippen molar-refractivity contribution in [1.82, 2.24) is 0 Å². The number of allylic oxidation sites excluding steroid dienone is 1. The van der Waals surface area contributed by atoms with E-state index in [9.17, 15) is 20.1 Å². The van der Waals surface area contributed by atoms with E-state index >= 15 is 0 Å². The van der Waals surface area contributed by atoms with Gasteiger partial charge in [0.1, 0.15) is 17.8 Å². The van der Waals surface area contributed by atoms with Gasteiger partial charge < -0.3 is 4.74 Å². The fraction of sp³-hybridized carbons (Fsp3) is 0.769. The number of carbonyl (C=O) groups is 2. The molecule has 0 aromatic carbocycles. The highest BCUT2D eigenvalue weighted by atomic mass is 16.5. The van der Waals surface area contributed by atoms with E-state index in [4.69, 9.17) is 4.74 Å². The second kappa shape index (κ2) is 7.77. The number of rotatable bonds is 3. The molecule has 8 atom stereocenters. The van der Waals surface area contributed by atoms with Crippen LogP contribution in [0.25, 0.3) is 0 Å². The lowest BCUT2D eigenvalue weighted by atomic mass is 9.47. The zero-order valence-electron chi connectivity index (χ0n) is 19.2. The molecule has 0 aromatic heterocycles. The van der Waals surface area contributed by atoms with Gasteiger partial charge in [-0.2, -0.15) is 10.5 Å². The first-order valence-corrected chi connectivity index (χ1v) is 11.8. The molecule has 5 nitrogen and oxygen atoms in total. The Morgan fingerprint density at radius 2 is 1.84 bits per heavy atom. The Balaban J connectivity index is 1.65. The van der Waals surface area contributed by atoms with Crippen LogP contribution in [0, 0.1) is 69.0 Å². The fourth-order valence-corrected chi connectivity index (χ4v) is 8.37. The molecule has 4 aliphatic carbocycles. The third-order valence-electron chi connectivity index (χ3n) is 9.64. The number of nitrogens with zero attached hydrogens (tertiary/aromatic N) is 2. The maximum atomic E-state index is 12.8. The molecule has 0 aliphatic heterocycles. The van der Waals surface area contributed by atoms with Crippen molar-refractivity contribution in [3.8, 4) is 12.1 Å². The monoisotopic (exact) mass is 422 g/mol. The van der Waals surface area contributed by atoms with E-state index in [2.05, 4.69) is 32.1 Å². The molecule has 0 spiro atoms. The first kappa shape index (κ1) is 22.1. The molecule has 166 valence electrons. The molecule has 0 unspecified atom stereocenters. The standard InChI is InChI=1S/C26H34N2O3/c1-15(29)24-21(17(13-27)14-28)12-23-20-6-5-18-11-19(31-16(2)30)7-9-25(18,3)22(20)8-10-26(23,24)4/h5,17,19-24H,6-12H2,1-4H3/t19-,20-,21-,22+,23+,24+,25-,26+/m0/s1. The van der Waals surface area contributed by atoms with Crippen molar-refractivity contribution in [3.05, 3.63) is 11.6 Å². The maximum Gasteiger partial charge on any atom is 0.302 e. The van der Waals surface area contributed by atoms with Gasteiger partial charge >= 0.3 is 5.97 Å². The summed E-state index contributed by atoms with van der Waals surface area (Å²) in [6.45, 7) is 7.79. The number of hydrogen-bond donors (Lipinski definition) is 0. The zero-order chi connectivity index (χ0) is 22.6. The van der Waals surface area contributed by atoms with Crippen molar-refractivity contribution < 1.29 is 14.3 Å². The van der Waals surface area contributed by atoms with Gasteiger partial charge in [-0.1, -0.05) is 25.5 Å². The molecule has 0 N–H and O–H groups in total. The van der Waals surface area contributed by atoms with Crippen LogP contribution in [0.15, 0.2) is 11.6 Å². The van der Waals surface area contributed by atoms with E-state index in [1.54, 1.807) is 6.92 Å². The van der Waals surface area contributed by atoms with Crippen molar-refractivity contribution in [2.75, 3.05) is 0 Å². The molecule has 3 fully saturated rings. The summed E-state index contributed by atoms with van der Waals surface area (Å²) in [5, 5.41) is 19.2. The number of nitriles is 2. The quantitative estimate of drug-likeness (QED) is 0.473. The summed E-state index contributed by atoms with van der Waals surface area (Å²) in [4.78, 5) is 24.2. The second-order valence-corrected chi connectivity index (χ2v) is 11.0. The largest absolute Gasteiger partial charge is 0.462 e. The van der Waals surface area contributed by atoms with Gasteiger partial charge in [0.05, 0.1) is 12.1 Å². The van der Waals surface area contributed by atoms with Crippen LogP contribution in [-0.4, -0.2) is 17.9 Å². The molecule has 0 heterocycles. The lowest BCUT2D eigenvalue weighted by Gasteiger charge is -2.58.